The number of nitrogens with zero attached hydrogens (tertiary/aromatic N) is 1. The highest BCUT2D eigenvalue weighted by Gasteiger charge is 2.19. The summed E-state index contributed by atoms with van der Waals surface area (Å²) < 4.78 is 11.1. The Morgan fingerprint density at radius 3 is 2.79 bits per heavy atom. The summed E-state index contributed by atoms with van der Waals surface area (Å²) in [5.41, 5.74) is 1.05. The third-order valence-electron chi connectivity index (χ3n) is 3.92. The monoisotopic (exact) mass is 354 g/mol. The van der Waals surface area contributed by atoms with E-state index in [2.05, 4.69) is 5.32 Å². The second kappa shape index (κ2) is 9.14. The number of halogens is 1. The molecule has 1 aliphatic rings. The highest BCUT2D eigenvalue weighted by Crippen LogP contribution is 2.37. The Balaban J connectivity index is 1.81. The summed E-state index contributed by atoms with van der Waals surface area (Å²) in [6, 6.07) is 3.85. The van der Waals surface area contributed by atoms with E-state index in [-0.39, 0.29) is 12.0 Å². The first kappa shape index (κ1) is 18.9. The van der Waals surface area contributed by atoms with Crippen LogP contribution in [0.4, 0.5) is 0 Å². The van der Waals surface area contributed by atoms with E-state index >= 15 is 0 Å². The van der Waals surface area contributed by atoms with E-state index in [9.17, 15) is 4.79 Å². The predicted molar refractivity (Wildman–Crippen MR) is 95.9 cm³/mol. The number of amides is 1. The predicted octanol–water partition coefficient (Wildman–Crippen LogP) is 3.24. The van der Waals surface area contributed by atoms with Crippen molar-refractivity contribution in [3.05, 3.63) is 22.7 Å². The lowest BCUT2D eigenvalue weighted by Crippen LogP contribution is -2.28. The minimum Gasteiger partial charge on any atom is -0.493 e. The standard InChI is InChI=1S/C18H27ClN2O3/c1-13(2)24-18-15(19)10-14(11-16(18)23-3)12-20-7-5-9-21-8-4-6-17(21)22/h10-11,13,20H,4-9,12H2,1-3H3. The molecule has 1 heterocycles. The molecule has 0 aromatic heterocycles. The molecule has 0 radical (unpaired) electrons. The molecule has 1 saturated heterocycles. The van der Waals surface area contributed by atoms with Crippen molar-refractivity contribution in [1.82, 2.24) is 10.2 Å². The van der Waals surface area contributed by atoms with Crippen LogP contribution < -0.4 is 14.8 Å². The number of carbonyl (C=O) groups is 1. The van der Waals surface area contributed by atoms with Crippen molar-refractivity contribution in [2.75, 3.05) is 26.7 Å². The summed E-state index contributed by atoms with van der Waals surface area (Å²) in [5, 5.41) is 3.94. The van der Waals surface area contributed by atoms with E-state index in [1.807, 2.05) is 30.9 Å². The van der Waals surface area contributed by atoms with Crippen LogP contribution in [0.5, 0.6) is 11.5 Å². The zero-order chi connectivity index (χ0) is 17.5. The molecule has 1 N–H and O–H groups in total. The number of methoxy groups -OCH3 is 1. The lowest BCUT2D eigenvalue weighted by molar-refractivity contribution is -0.127. The zero-order valence-electron chi connectivity index (χ0n) is 14.7. The number of benzene rings is 1. The number of hydrogen-bond donors (Lipinski definition) is 1. The lowest BCUT2D eigenvalue weighted by atomic mass is 10.2. The summed E-state index contributed by atoms with van der Waals surface area (Å²) in [6.45, 7) is 7.20. The van der Waals surface area contributed by atoms with E-state index in [1.165, 1.54) is 0 Å². The number of likely N-dealkylation sites (tertiary alicyclic amines) is 1. The fraction of sp³-hybridized carbons (Fsp3) is 0.611. The molecule has 1 aromatic carbocycles. The topological polar surface area (TPSA) is 50.8 Å². The maximum absolute atomic E-state index is 11.5. The second-order valence-electron chi connectivity index (χ2n) is 6.29. The van der Waals surface area contributed by atoms with Gasteiger partial charge in [0, 0.05) is 26.1 Å². The molecule has 5 nitrogen and oxygen atoms in total. The average Bonchev–Trinajstić information content (AvgIpc) is 2.94. The van der Waals surface area contributed by atoms with Crippen LogP contribution in [0.15, 0.2) is 12.1 Å². The summed E-state index contributed by atoms with van der Waals surface area (Å²) in [7, 11) is 1.61. The highest BCUT2D eigenvalue weighted by atomic mass is 35.5. The minimum atomic E-state index is 0.0358. The van der Waals surface area contributed by atoms with E-state index in [0.717, 1.165) is 38.0 Å². The van der Waals surface area contributed by atoms with Crippen LogP contribution >= 0.6 is 11.6 Å². The van der Waals surface area contributed by atoms with Gasteiger partial charge in [-0.05, 0) is 50.9 Å². The Morgan fingerprint density at radius 2 is 2.17 bits per heavy atom. The molecule has 0 atom stereocenters. The third-order valence-corrected chi connectivity index (χ3v) is 4.21. The second-order valence-corrected chi connectivity index (χ2v) is 6.70. The molecule has 1 aromatic rings. The summed E-state index contributed by atoms with van der Waals surface area (Å²) in [5.74, 6) is 1.52. The first-order valence-corrected chi connectivity index (χ1v) is 8.90. The van der Waals surface area contributed by atoms with Crippen molar-refractivity contribution in [2.24, 2.45) is 0 Å². The zero-order valence-corrected chi connectivity index (χ0v) is 15.5. The SMILES string of the molecule is COc1cc(CNCCCN2CCCC2=O)cc(Cl)c1OC(C)C. The largest absolute Gasteiger partial charge is 0.493 e. The van der Waals surface area contributed by atoms with Gasteiger partial charge in [-0.3, -0.25) is 4.79 Å². The smallest absolute Gasteiger partial charge is 0.222 e. The normalized spacial score (nSPS) is 14.5. The molecule has 1 amide bonds. The molecule has 0 spiro atoms. The van der Waals surface area contributed by atoms with Crippen LogP contribution in [0.3, 0.4) is 0 Å². The lowest BCUT2D eigenvalue weighted by Gasteiger charge is -2.17. The molecule has 6 heteroatoms. The number of carbonyl (C=O) groups excluding carboxylic acids is 1. The van der Waals surface area contributed by atoms with Gasteiger partial charge < -0.3 is 19.7 Å². The van der Waals surface area contributed by atoms with Gasteiger partial charge in [0.1, 0.15) is 0 Å². The average molecular weight is 355 g/mol. The quantitative estimate of drug-likeness (QED) is 0.692. The minimum absolute atomic E-state index is 0.0358. The van der Waals surface area contributed by atoms with Crippen molar-refractivity contribution in [1.29, 1.82) is 0 Å². The van der Waals surface area contributed by atoms with E-state index in [4.69, 9.17) is 21.1 Å². The Kier molecular flexibility index (Phi) is 7.18. The summed E-state index contributed by atoms with van der Waals surface area (Å²) in [4.78, 5) is 13.5. The molecular formula is C18H27ClN2O3. The fourth-order valence-corrected chi connectivity index (χ4v) is 3.07. The molecule has 0 aliphatic carbocycles. The molecule has 0 saturated carbocycles. The molecular weight excluding hydrogens is 328 g/mol. The number of hydrogen-bond acceptors (Lipinski definition) is 4. The van der Waals surface area contributed by atoms with Crippen LogP contribution in [-0.2, 0) is 11.3 Å². The number of nitrogens with one attached hydrogen (secondary N) is 1. The summed E-state index contributed by atoms with van der Waals surface area (Å²) in [6.07, 6.45) is 2.69. The Labute approximate surface area is 149 Å². The van der Waals surface area contributed by atoms with Crippen molar-refractivity contribution in [3.63, 3.8) is 0 Å². The Bertz CT molecular complexity index is 563. The van der Waals surface area contributed by atoms with Crippen LogP contribution in [0.1, 0.15) is 38.7 Å². The van der Waals surface area contributed by atoms with Crippen LogP contribution in [0, 0.1) is 0 Å². The number of ether oxygens (including phenoxy) is 2. The molecule has 1 fully saturated rings. The van der Waals surface area contributed by atoms with Crippen molar-refractivity contribution < 1.29 is 14.3 Å². The van der Waals surface area contributed by atoms with Crippen LogP contribution in [0.2, 0.25) is 5.02 Å². The molecule has 134 valence electrons. The van der Waals surface area contributed by atoms with Crippen LogP contribution in [0.25, 0.3) is 0 Å². The van der Waals surface area contributed by atoms with E-state index in [0.29, 0.717) is 29.5 Å². The van der Waals surface area contributed by atoms with Gasteiger partial charge in [-0.15, -0.1) is 0 Å². The maximum Gasteiger partial charge on any atom is 0.222 e. The van der Waals surface area contributed by atoms with Crippen LogP contribution in [-0.4, -0.2) is 43.7 Å². The Hall–Kier alpha value is -1.46. The van der Waals surface area contributed by atoms with Crippen molar-refractivity contribution in [3.8, 4) is 11.5 Å². The van der Waals surface area contributed by atoms with E-state index < -0.39 is 0 Å². The van der Waals surface area contributed by atoms with Gasteiger partial charge >= 0.3 is 0 Å². The van der Waals surface area contributed by atoms with Gasteiger partial charge in [0.2, 0.25) is 5.91 Å². The van der Waals surface area contributed by atoms with E-state index in [1.54, 1.807) is 7.11 Å². The fourth-order valence-electron chi connectivity index (χ4n) is 2.79. The van der Waals surface area contributed by atoms with Crippen molar-refractivity contribution in [2.45, 2.75) is 45.8 Å². The first-order valence-electron chi connectivity index (χ1n) is 8.52. The van der Waals surface area contributed by atoms with Crippen molar-refractivity contribution >= 4 is 17.5 Å². The third kappa shape index (κ3) is 5.28. The molecule has 24 heavy (non-hydrogen) atoms. The van der Waals surface area contributed by atoms with Gasteiger partial charge in [-0.1, -0.05) is 11.6 Å². The first-order chi connectivity index (χ1) is 11.5. The number of rotatable bonds is 9. The van der Waals surface area contributed by atoms with Gasteiger partial charge in [0.25, 0.3) is 0 Å². The van der Waals surface area contributed by atoms with Gasteiger partial charge in [0.15, 0.2) is 11.5 Å². The maximum atomic E-state index is 11.5. The molecule has 0 unspecified atom stereocenters. The van der Waals surface area contributed by atoms with Gasteiger partial charge in [-0.25, -0.2) is 0 Å². The molecule has 2 rings (SSSR count). The highest BCUT2D eigenvalue weighted by molar-refractivity contribution is 6.32. The molecule has 0 bridgehead atoms. The Morgan fingerprint density at radius 1 is 1.38 bits per heavy atom. The summed E-state index contributed by atoms with van der Waals surface area (Å²) >= 11 is 6.32. The van der Waals surface area contributed by atoms with Gasteiger partial charge in [0.05, 0.1) is 18.2 Å². The molecule has 1 aliphatic heterocycles. The van der Waals surface area contributed by atoms with Gasteiger partial charge in [-0.2, -0.15) is 0 Å².